The van der Waals surface area contributed by atoms with Crippen molar-refractivity contribution in [3.8, 4) is 0 Å². The minimum absolute atomic E-state index is 0.0698. The van der Waals surface area contributed by atoms with Crippen LogP contribution in [0.15, 0.2) is 84.9 Å². The normalized spacial score (nSPS) is 26.0. The molecule has 42 heavy (non-hydrogen) atoms. The quantitative estimate of drug-likeness (QED) is 0.296. The molecule has 0 spiro atoms. The summed E-state index contributed by atoms with van der Waals surface area (Å²) in [5, 5.41) is 0.717. The SMILES string of the molecule is CN(Cc1ccccc1)C(=O)C1CC1CN1CCC(C(=O)N2CCCCC2)(c2ccccc2)CC1c1ccc(Cl)cc1. The summed E-state index contributed by atoms with van der Waals surface area (Å²) in [5.74, 6) is 0.935. The third-order valence-electron chi connectivity index (χ3n) is 9.79. The summed E-state index contributed by atoms with van der Waals surface area (Å²) in [6.07, 6.45) is 5.81. The Balaban J connectivity index is 1.23. The van der Waals surface area contributed by atoms with Crippen LogP contribution in [0.3, 0.4) is 0 Å². The lowest BCUT2D eigenvalue weighted by Crippen LogP contribution is -2.55. The maximum atomic E-state index is 14.5. The second-order valence-electron chi connectivity index (χ2n) is 12.6. The molecule has 0 radical (unpaired) electrons. The lowest BCUT2D eigenvalue weighted by Gasteiger charge is -2.48. The predicted octanol–water partition coefficient (Wildman–Crippen LogP) is 6.72. The number of likely N-dealkylation sites (tertiary alicyclic amines) is 2. The molecule has 4 atom stereocenters. The van der Waals surface area contributed by atoms with Gasteiger partial charge in [0.05, 0.1) is 5.41 Å². The fraction of sp³-hybridized carbons (Fsp3) is 0.444. The van der Waals surface area contributed by atoms with Crippen molar-refractivity contribution in [2.75, 3.05) is 33.2 Å². The highest BCUT2D eigenvalue weighted by molar-refractivity contribution is 6.30. The van der Waals surface area contributed by atoms with E-state index in [4.69, 9.17) is 11.6 Å². The lowest BCUT2D eigenvalue weighted by atomic mass is 9.68. The van der Waals surface area contributed by atoms with Gasteiger partial charge in [-0.15, -0.1) is 0 Å². The van der Waals surface area contributed by atoms with Crippen molar-refractivity contribution in [3.63, 3.8) is 0 Å². The lowest BCUT2D eigenvalue weighted by molar-refractivity contribution is -0.141. The van der Waals surface area contributed by atoms with E-state index in [0.717, 1.165) is 69.4 Å². The molecule has 2 saturated heterocycles. The molecule has 5 nitrogen and oxygen atoms in total. The van der Waals surface area contributed by atoms with Crippen molar-refractivity contribution < 1.29 is 9.59 Å². The molecule has 3 aliphatic rings. The molecule has 4 unspecified atom stereocenters. The maximum absolute atomic E-state index is 14.5. The minimum Gasteiger partial charge on any atom is -0.342 e. The number of hydrogen-bond donors (Lipinski definition) is 0. The number of halogens is 1. The summed E-state index contributed by atoms with van der Waals surface area (Å²) in [6, 6.07) is 28.9. The van der Waals surface area contributed by atoms with Gasteiger partial charge < -0.3 is 9.80 Å². The third kappa shape index (κ3) is 6.14. The van der Waals surface area contributed by atoms with Gasteiger partial charge in [-0.1, -0.05) is 84.4 Å². The Labute approximate surface area is 255 Å². The van der Waals surface area contributed by atoms with Gasteiger partial charge in [-0.2, -0.15) is 0 Å². The zero-order valence-electron chi connectivity index (χ0n) is 24.6. The molecule has 0 aromatic heterocycles. The number of piperidine rings is 2. The summed E-state index contributed by atoms with van der Waals surface area (Å²) >= 11 is 6.31. The second kappa shape index (κ2) is 12.6. The van der Waals surface area contributed by atoms with Gasteiger partial charge in [-0.05, 0) is 73.3 Å². The Morgan fingerprint density at radius 3 is 2.24 bits per heavy atom. The topological polar surface area (TPSA) is 43.9 Å². The predicted molar refractivity (Wildman–Crippen MR) is 168 cm³/mol. The molecule has 0 N–H and O–H groups in total. The monoisotopic (exact) mass is 583 g/mol. The fourth-order valence-corrected chi connectivity index (χ4v) is 7.42. The molecule has 2 amide bonds. The smallest absolute Gasteiger partial charge is 0.233 e. The standard InChI is InChI=1S/C36H42ClN3O2/c1-38(25-27-11-5-2-6-12-27)34(41)32-23-29(32)26-40-22-19-36(30-13-7-3-8-14-30,35(42)39-20-9-4-10-21-39)24-33(40)28-15-17-31(37)18-16-28/h2-3,5-8,11-18,29,32-33H,4,9-10,19-26H2,1H3. The zero-order chi connectivity index (χ0) is 29.1. The summed E-state index contributed by atoms with van der Waals surface area (Å²) < 4.78 is 0. The molecule has 0 bridgehead atoms. The van der Waals surface area contributed by atoms with E-state index in [2.05, 4.69) is 58.3 Å². The first-order valence-corrected chi connectivity index (χ1v) is 16.0. The molecular formula is C36H42ClN3O2. The highest BCUT2D eigenvalue weighted by Crippen LogP contribution is 2.49. The van der Waals surface area contributed by atoms with Crippen LogP contribution in [0, 0.1) is 11.8 Å². The van der Waals surface area contributed by atoms with E-state index in [1.807, 2.05) is 48.3 Å². The van der Waals surface area contributed by atoms with Crippen LogP contribution >= 0.6 is 11.6 Å². The average Bonchev–Trinajstić information content (AvgIpc) is 3.81. The number of rotatable bonds is 8. The van der Waals surface area contributed by atoms with Crippen molar-refractivity contribution >= 4 is 23.4 Å². The zero-order valence-corrected chi connectivity index (χ0v) is 25.4. The van der Waals surface area contributed by atoms with E-state index in [9.17, 15) is 9.59 Å². The number of nitrogens with zero attached hydrogens (tertiary/aromatic N) is 3. The first-order valence-electron chi connectivity index (χ1n) is 15.6. The Kier molecular flexibility index (Phi) is 8.69. The molecular weight excluding hydrogens is 542 g/mol. The van der Waals surface area contributed by atoms with Crippen LogP contribution in [0.1, 0.15) is 61.3 Å². The van der Waals surface area contributed by atoms with E-state index in [0.29, 0.717) is 17.5 Å². The molecule has 1 saturated carbocycles. The average molecular weight is 584 g/mol. The maximum Gasteiger partial charge on any atom is 0.233 e. The van der Waals surface area contributed by atoms with Gasteiger partial charge in [0.2, 0.25) is 11.8 Å². The molecule has 3 aromatic rings. The highest BCUT2D eigenvalue weighted by atomic mass is 35.5. The van der Waals surface area contributed by atoms with Gasteiger partial charge in [0.15, 0.2) is 0 Å². The first kappa shape index (κ1) is 28.9. The van der Waals surface area contributed by atoms with Crippen LogP contribution in [0.5, 0.6) is 0 Å². The van der Waals surface area contributed by atoms with E-state index in [1.165, 1.54) is 12.0 Å². The van der Waals surface area contributed by atoms with Crippen LogP contribution in [0.4, 0.5) is 0 Å². The van der Waals surface area contributed by atoms with E-state index < -0.39 is 5.41 Å². The minimum atomic E-state index is -0.561. The van der Waals surface area contributed by atoms with Gasteiger partial charge in [-0.3, -0.25) is 14.5 Å². The first-order chi connectivity index (χ1) is 20.4. The van der Waals surface area contributed by atoms with Crippen LogP contribution in [0.25, 0.3) is 0 Å². The molecule has 1 aliphatic carbocycles. The molecule has 2 aliphatic heterocycles. The fourth-order valence-electron chi connectivity index (χ4n) is 7.29. The third-order valence-corrected chi connectivity index (χ3v) is 10.0. The summed E-state index contributed by atoms with van der Waals surface area (Å²) in [7, 11) is 1.92. The van der Waals surface area contributed by atoms with Gasteiger partial charge >= 0.3 is 0 Å². The molecule has 6 rings (SSSR count). The molecule has 6 heteroatoms. The Morgan fingerprint density at radius 1 is 0.881 bits per heavy atom. The summed E-state index contributed by atoms with van der Waals surface area (Å²) in [6.45, 7) is 4.03. The largest absolute Gasteiger partial charge is 0.342 e. The van der Waals surface area contributed by atoms with Crippen LogP contribution in [0.2, 0.25) is 5.02 Å². The number of amides is 2. The number of carbonyl (C=O) groups excluding carboxylic acids is 2. The molecule has 2 heterocycles. The van der Waals surface area contributed by atoms with Crippen LogP contribution in [-0.2, 0) is 21.5 Å². The second-order valence-corrected chi connectivity index (χ2v) is 13.0. The van der Waals surface area contributed by atoms with Crippen molar-refractivity contribution in [2.45, 2.75) is 56.5 Å². The molecule has 3 fully saturated rings. The van der Waals surface area contributed by atoms with Crippen LogP contribution < -0.4 is 0 Å². The van der Waals surface area contributed by atoms with Gasteiger partial charge in [-0.25, -0.2) is 0 Å². The van der Waals surface area contributed by atoms with Crippen molar-refractivity contribution in [1.29, 1.82) is 0 Å². The summed E-state index contributed by atoms with van der Waals surface area (Å²) in [5.41, 5.74) is 2.91. The highest BCUT2D eigenvalue weighted by Gasteiger charge is 2.51. The number of carbonyl (C=O) groups is 2. The number of hydrogen-bond acceptors (Lipinski definition) is 3. The van der Waals surface area contributed by atoms with Crippen molar-refractivity contribution in [1.82, 2.24) is 14.7 Å². The van der Waals surface area contributed by atoms with Gasteiger partial charge in [0.25, 0.3) is 0 Å². The molecule has 220 valence electrons. The van der Waals surface area contributed by atoms with E-state index in [-0.39, 0.29) is 23.8 Å². The Morgan fingerprint density at radius 2 is 1.55 bits per heavy atom. The Bertz CT molecular complexity index is 1360. The van der Waals surface area contributed by atoms with Gasteiger partial charge in [0, 0.05) is 56.8 Å². The van der Waals surface area contributed by atoms with E-state index >= 15 is 0 Å². The van der Waals surface area contributed by atoms with Crippen molar-refractivity contribution in [3.05, 3.63) is 107 Å². The Hall–Kier alpha value is -3.15. The molecule has 3 aromatic carbocycles. The van der Waals surface area contributed by atoms with Crippen molar-refractivity contribution in [2.24, 2.45) is 11.8 Å². The van der Waals surface area contributed by atoms with Gasteiger partial charge in [0.1, 0.15) is 0 Å². The van der Waals surface area contributed by atoms with E-state index in [1.54, 1.807) is 0 Å². The summed E-state index contributed by atoms with van der Waals surface area (Å²) in [4.78, 5) is 34.3. The number of benzene rings is 3. The van der Waals surface area contributed by atoms with Crippen LogP contribution in [-0.4, -0.2) is 59.7 Å².